The van der Waals surface area contributed by atoms with Crippen molar-refractivity contribution in [1.82, 2.24) is 10.2 Å². The number of hydrogen-bond acceptors (Lipinski definition) is 4. The Morgan fingerprint density at radius 3 is 2.40 bits per heavy atom. The molecule has 1 aliphatic rings. The molecule has 1 aliphatic heterocycles. The van der Waals surface area contributed by atoms with Crippen LogP contribution in [0.4, 0.5) is 5.69 Å². The average molecular weight is 466 g/mol. The summed E-state index contributed by atoms with van der Waals surface area (Å²) in [4.78, 5) is 4.96. The van der Waals surface area contributed by atoms with Crippen LogP contribution in [0.25, 0.3) is 10.8 Å². The topological polar surface area (TPSA) is 27.7 Å². The number of nitrogens with zero attached hydrogens (tertiary/aromatic N) is 2. The van der Waals surface area contributed by atoms with Gasteiger partial charge in [0.2, 0.25) is 0 Å². The molecule has 0 saturated carbocycles. The van der Waals surface area contributed by atoms with Crippen LogP contribution in [0.5, 0.6) is 5.75 Å². The Bertz CT molecular complexity index is 1210. The van der Waals surface area contributed by atoms with Gasteiger partial charge in [-0.1, -0.05) is 72.8 Å². The van der Waals surface area contributed by atoms with E-state index in [0.29, 0.717) is 6.61 Å². The minimum Gasteiger partial charge on any atom is -0.492 e. The molecule has 0 spiro atoms. The summed E-state index contributed by atoms with van der Waals surface area (Å²) in [6, 6.07) is 34.6. The zero-order valence-electron chi connectivity index (χ0n) is 20.6. The van der Waals surface area contributed by atoms with Gasteiger partial charge in [0.25, 0.3) is 0 Å². The van der Waals surface area contributed by atoms with Gasteiger partial charge in [0.15, 0.2) is 0 Å². The number of benzene rings is 4. The van der Waals surface area contributed by atoms with Crippen LogP contribution >= 0.6 is 0 Å². The first-order valence-electron chi connectivity index (χ1n) is 12.7. The van der Waals surface area contributed by atoms with Crippen molar-refractivity contribution in [3.63, 3.8) is 0 Å². The Hall–Kier alpha value is -3.34. The van der Waals surface area contributed by atoms with Gasteiger partial charge in [-0.3, -0.25) is 4.90 Å². The molecule has 0 aromatic heterocycles. The monoisotopic (exact) mass is 465 g/mol. The molecule has 4 aromatic carbocycles. The first-order chi connectivity index (χ1) is 17.3. The Balaban J connectivity index is 1.08. The van der Waals surface area contributed by atoms with E-state index >= 15 is 0 Å². The lowest BCUT2D eigenvalue weighted by Crippen LogP contribution is -2.47. The lowest BCUT2D eigenvalue weighted by Gasteiger charge is -2.36. The van der Waals surface area contributed by atoms with Gasteiger partial charge < -0.3 is 15.0 Å². The quantitative estimate of drug-likeness (QED) is 0.333. The lowest BCUT2D eigenvalue weighted by atomic mass is 9.99. The fourth-order valence-electron chi connectivity index (χ4n) is 4.92. The Morgan fingerprint density at radius 1 is 0.800 bits per heavy atom. The van der Waals surface area contributed by atoms with Gasteiger partial charge in [0, 0.05) is 51.0 Å². The second-order valence-corrected chi connectivity index (χ2v) is 9.33. The van der Waals surface area contributed by atoms with Crippen molar-refractivity contribution >= 4 is 16.5 Å². The second-order valence-electron chi connectivity index (χ2n) is 9.33. The van der Waals surface area contributed by atoms with E-state index in [4.69, 9.17) is 4.74 Å². The first kappa shape index (κ1) is 23.4. The summed E-state index contributed by atoms with van der Waals surface area (Å²) in [7, 11) is 0. The zero-order chi connectivity index (χ0) is 23.9. The smallest absolute Gasteiger partial charge is 0.119 e. The predicted octanol–water partition coefficient (Wildman–Crippen LogP) is 5.89. The summed E-state index contributed by atoms with van der Waals surface area (Å²) in [5.74, 6) is 0.949. The molecule has 1 N–H and O–H groups in total. The highest BCUT2D eigenvalue weighted by molar-refractivity contribution is 5.86. The number of anilines is 1. The molecule has 1 atom stereocenters. The van der Waals surface area contributed by atoms with Crippen LogP contribution in [0.1, 0.15) is 24.1 Å². The molecule has 0 unspecified atom stereocenters. The number of ether oxygens (including phenoxy) is 1. The van der Waals surface area contributed by atoms with E-state index in [-0.39, 0.29) is 6.04 Å². The van der Waals surface area contributed by atoms with Gasteiger partial charge in [-0.05, 0) is 53.1 Å². The molecule has 1 saturated heterocycles. The van der Waals surface area contributed by atoms with E-state index in [1.807, 2.05) is 0 Å². The van der Waals surface area contributed by atoms with Crippen LogP contribution < -0.4 is 15.0 Å². The second kappa shape index (κ2) is 11.4. The van der Waals surface area contributed by atoms with Gasteiger partial charge in [0.05, 0.1) is 0 Å². The molecule has 4 nitrogen and oxygen atoms in total. The van der Waals surface area contributed by atoms with Gasteiger partial charge in [0.1, 0.15) is 12.4 Å². The zero-order valence-corrected chi connectivity index (χ0v) is 20.6. The van der Waals surface area contributed by atoms with Crippen molar-refractivity contribution in [2.75, 3.05) is 44.2 Å². The number of nitrogens with one attached hydrogen (secondary N) is 1. The van der Waals surface area contributed by atoms with Crippen molar-refractivity contribution in [2.45, 2.75) is 19.5 Å². The van der Waals surface area contributed by atoms with Crippen LogP contribution in [-0.2, 0) is 6.54 Å². The van der Waals surface area contributed by atoms with Gasteiger partial charge in [-0.2, -0.15) is 0 Å². The first-order valence-corrected chi connectivity index (χ1v) is 12.7. The molecule has 1 heterocycles. The minimum absolute atomic E-state index is 0.264. The van der Waals surface area contributed by atoms with Crippen molar-refractivity contribution < 1.29 is 4.74 Å². The third kappa shape index (κ3) is 6.02. The summed E-state index contributed by atoms with van der Waals surface area (Å²) in [6.45, 7) is 9.02. The van der Waals surface area contributed by atoms with Crippen LogP contribution in [0.3, 0.4) is 0 Å². The molecule has 180 valence electrons. The van der Waals surface area contributed by atoms with Crippen molar-refractivity contribution in [3.05, 3.63) is 108 Å². The van der Waals surface area contributed by atoms with Crippen molar-refractivity contribution in [1.29, 1.82) is 0 Å². The minimum atomic E-state index is 0.264. The maximum Gasteiger partial charge on any atom is 0.119 e. The van der Waals surface area contributed by atoms with E-state index in [1.165, 1.54) is 27.6 Å². The number of para-hydroxylation sites is 1. The van der Waals surface area contributed by atoms with Crippen LogP contribution in [-0.4, -0.2) is 44.2 Å². The third-order valence-corrected chi connectivity index (χ3v) is 6.97. The highest BCUT2D eigenvalue weighted by atomic mass is 16.5. The van der Waals surface area contributed by atoms with Crippen LogP contribution in [0.2, 0.25) is 0 Å². The molecular weight excluding hydrogens is 430 g/mol. The van der Waals surface area contributed by atoms with E-state index in [2.05, 4.69) is 119 Å². The molecule has 4 heteroatoms. The summed E-state index contributed by atoms with van der Waals surface area (Å²) in [5, 5.41) is 6.30. The fraction of sp³-hybridized carbons (Fsp3) is 0.290. The molecule has 0 radical (unpaired) electrons. The number of fused-ring (bicyclic) bond motifs is 1. The normalized spacial score (nSPS) is 15.3. The Morgan fingerprint density at radius 2 is 1.54 bits per heavy atom. The van der Waals surface area contributed by atoms with E-state index < -0.39 is 0 Å². The summed E-state index contributed by atoms with van der Waals surface area (Å²) >= 11 is 0. The van der Waals surface area contributed by atoms with E-state index in [0.717, 1.165) is 45.0 Å². The largest absolute Gasteiger partial charge is 0.492 e. The van der Waals surface area contributed by atoms with E-state index in [1.54, 1.807) is 0 Å². The molecule has 5 rings (SSSR count). The van der Waals surface area contributed by atoms with Gasteiger partial charge >= 0.3 is 0 Å². The summed E-state index contributed by atoms with van der Waals surface area (Å²) in [5.41, 5.74) is 3.90. The molecule has 0 aliphatic carbocycles. The van der Waals surface area contributed by atoms with Crippen LogP contribution in [0.15, 0.2) is 97.1 Å². The van der Waals surface area contributed by atoms with Gasteiger partial charge in [-0.25, -0.2) is 0 Å². The molecular formula is C31H35N3O. The number of hydrogen-bond donors (Lipinski definition) is 1. The number of piperazine rings is 1. The summed E-state index contributed by atoms with van der Waals surface area (Å²) < 4.78 is 6.13. The highest BCUT2D eigenvalue weighted by Crippen LogP contribution is 2.24. The lowest BCUT2D eigenvalue weighted by molar-refractivity contribution is 0.200. The molecule has 1 fully saturated rings. The maximum atomic E-state index is 6.13. The van der Waals surface area contributed by atoms with E-state index in [9.17, 15) is 0 Å². The molecule has 0 amide bonds. The fourth-order valence-corrected chi connectivity index (χ4v) is 4.92. The number of rotatable bonds is 9. The summed E-state index contributed by atoms with van der Waals surface area (Å²) in [6.07, 6.45) is 0. The Labute approximate surface area is 209 Å². The maximum absolute atomic E-state index is 6.13. The Kier molecular flexibility index (Phi) is 7.62. The average Bonchev–Trinajstić information content (AvgIpc) is 2.92. The van der Waals surface area contributed by atoms with Gasteiger partial charge in [-0.15, -0.1) is 0 Å². The SMILES string of the molecule is C[C@@H](NCc1cccc(OCCN2CCN(c3ccccc3)CC2)c1)c1cccc2ccccc12. The highest BCUT2D eigenvalue weighted by Gasteiger charge is 2.16. The predicted molar refractivity (Wildman–Crippen MR) is 146 cm³/mol. The third-order valence-electron chi connectivity index (χ3n) is 6.97. The van der Waals surface area contributed by atoms with Crippen molar-refractivity contribution in [2.24, 2.45) is 0 Å². The molecule has 4 aromatic rings. The molecule has 35 heavy (non-hydrogen) atoms. The van der Waals surface area contributed by atoms with Crippen molar-refractivity contribution in [3.8, 4) is 5.75 Å². The molecule has 0 bridgehead atoms. The van der Waals surface area contributed by atoms with Crippen LogP contribution in [0, 0.1) is 0 Å². The standard InChI is InChI=1S/C31H35N3O/c1-25(30-16-8-11-27-10-5-6-15-31(27)30)32-24-26-9-7-14-29(23-26)35-22-21-33-17-19-34(20-18-33)28-12-3-2-4-13-28/h2-16,23,25,32H,17-22,24H2,1H3/t25-/m1/s1.